The Kier molecular flexibility index (Phi) is 3.65. The van der Waals surface area contributed by atoms with Gasteiger partial charge in [-0.2, -0.15) is 12.6 Å². The van der Waals surface area contributed by atoms with E-state index in [2.05, 4.69) is 17.6 Å². The van der Waals surface area contributed by atoms with Crippen LogP contribution in [0.2, 0.25) is 0 Å². The lowest BCUT2D eigenvalue weighted by Gasteiger charge is -2.15. The first-order chi connectivity index (χ1) is 6.16. The summed E-state index contributed by atoms with van der Waals surface area (Å²) in [6.45, 7) is 0. The summed E-state index contributed by atoms with van der Waals surface area (Å²) < 4.78 is 13.0. The van der Waals surface area contributed by atoms with Crippen LogP contribution >= 0.6 is 12.6 Å². The lowest BCUT2D eigenvalue weighted by Crippen LogP contribution is -2.20. The largest absolute Gasteiger partial charge is 0.389 e. The van der Waals surface area contributed by atoms with E-state index in [0.717, 1.165) is 6.20 Å². The molecule has 0 amide bonds. The number of nitrogens with zero attached hydrogens (tertiary/aromatic N) is 1. The molecule has 1 rings (SSSR count). The molecule has 3 nitrogen and oxygen atoms in total. The lowest BCUT2D eigenvalue weighted by atomic mass is 10.1. The molecule has 0 aliphatic heterocycles. The third kappa shape index (κ3) is 2.40. The smallest absolute Gasteiger partial charge is 0.147 e. The third-order valence-electron chi connectivity index (χ3n) is 1.67. The number of rotatable bonds is 3. The van der Waals surface area contributed by atoms with Gasteiger partial charge in [0.1, 0.15) is 11.9 Å². The van der Waals surface area contributed by atoms with Crippen LogP contribution in [0.4, 0.5) is 4.39 Å². The summed E-state index contributed by atoms with van der Waals surface area (Å²) in [6.07, 6.45) is 0.0251. The molecule has 1 aromatic rings. The Hall–Kier alpha value is -0.650. The highest BCUT2D eigenvalue weighted by Crippen LogP contribution is 2.19. The third-order valence-corrected chi connectivity index (χ3v) is 2.05. The van der Waals surface area contributed by atoms with Gasteiger partial charge in [-0.25, -0.2) is 4.39 Å². The average molecular weight is 203 g/mol. The number of aromatic nitrogens is 1. The van der Waals surface area contributed by atoms with Crippen molar-refractivity contribution in [3.05, 3.63) is 29.8 Å². The Labute approximate surface area is 80.7 Å². The maximum atomic E-state index is 13.0. The second kappa shape index (κ2) is 4.55. The first-order valence-electron chi connectivity index (χ1n) is 3.73. The van der Waals surface area contributed by atoms with Crippen LogP contribution in [0, 0.1) is 5.82 Å². The Morgan fingerprint density at radius 2 is 2.23 bits per heavy atom. The van der Waals surface area contributed by atoms with E-state index in [-0.39, 0.29) is 11.3 Å². The van der Waals surface area contributed by atoms with Crippen molar-refractivity contribution in [2.24, 2.45) is 0 Å². The zero-order valence-corrected chi connectivity index (χ0v) is 7.66. The maximum absolute atomic E-state index is 13.0. The SMILES string of the molecule is OC(CS)C(O)c1ccncc1F. The van der Waals surface area contributed by atoms with Crippen molar-refractivity contribution in [2.75, 3.05) is 5.75 Å². The van der Waals surface area contributed by atoms with Crippen LogP contribution in [0.15, 0.2) is 18.5 Å². The second-order valence-electron chi connectivity index (χ2n) is 2.59. The van der Waals surface area contributed by atoms with E-state index in [1.54, 1.807) is 0 Å². The van der Waals surface area contributed by atoms with Crippen molar-refractivity contribution < 1.29 is 14.6 Å². The van der Waals surface area contributed by atoms with Gasteiger partial charge in [-0.3, -0.25) is 4.98 Å². The fourth-order valence-corrected chi connectivity index (χ4v) is 1.13. The number of hydrogen-bond acceptors (Lipinski definition) is 4. The van der Waals surface area contributed by atoms with Gasteiger partial charge >= 0.3 is 0 Å². The molecule has 5 heteroatoms. The van der Waals surface area contributed by atoms with Gasteiger partial charge in [0.15, 0.2) is 0 Å². The topological polar surface area (TPSA) is 53.4 Å². The van der Waals surface area contributed by atoms with Gasteiger partial charge in [-0.1, -0.05) is 0 Å². The Morgan fingerprint density at radius 1 is 1.54 bits per heavy atom. The Balaban J connectivity index is 2.88. The van der Waals surface area contributed by atoms with Crippen molar-refractivity contribution in [2.45, 2.75) is 12.2 Å². The lowest BCUT2D eigenvalue weighted by molar-refractivity contribution is 0.0314. The summed E-state index contributed by atoms with van der Waals surface area (Å²) in [4.78, 5) is 3.53. The molecule has 0 aromatic carbocycles. The molecule has 0 fully saturated rings. The number of thiol groups is 1. The van der Waals surface area contributed by atoms with E-state index in [1.165, 1.54) is 12.3 Å². The molecule has 0 radical (unpaired) electrons. The number of pyridine rings is 1. The summed E-state index contributed by atoms with van der Waals surface area (Å²) in [5.41, 5.74) is 0.0385. The predicted molar refractivity (Wildman–Crippen MR) is 49.0 cm³/mol. The summed E-state index contributed by atoms with van der Waals surface area (Å²) in [6, 6.07) is 1.33. The highest BCUT2D eigenvalue weighted by atomic mass is 32.1. The fourth-order valence-electron chi connectivity index (χ4n) is 0.933. The van der Waals surface area contributed by atoms with Crippen LogP contribution < -0.4 is 0 Å². The van der Waals surface area contributed by atoms with Gasteiger partial charge in [-0.15, -0.1) is 0 Å². The number of halogens is 1. The van der Waals surface area contributed by atoms with Crippen molar-refractivity contribution in [1.82, 2.24) is 4.98 Å². The van der Waals surface area contributed by atoms with E-state index >= 15 is 0 Å². The van der Waals surface area contributed by atoms with E-state index < -0.39 is 18.0 Å². The van der Waals surface area contributed by atoms with Gasteiger partial charge < -0.3 is 10.2 Å². The van der Waals surface area contributed by atoms with Crippen LogP contribution in [0.25, 0.3) is 0 Å². The van der Waals surface area contributed by atoms with E-state index in [9.17, 15) is 14.6 Å². The zero-order valence-electron chi connectivity index (χ0n) is 6.76. The predicted octanol–water partition coefficient (Wildman–Crippen LogP) is 0.545. The summed E-state index contributed by atoms with van der Waals surface area (Å²) in [5.74, 6) is -0.557. The molecule has 72 valence electrons. The number of aliphatic hydroxyl groups excluding tert-OH is 2. The maximum Gasteiger partial charge on any atom is 0.147 e. The Bertz CT molecular complexity index is 285. The first-order valence-corrected chi connectivity index (χ1v) is 4.36. The quantitative estimate of drug-likeness (QED) is 0.629. The van der Waals surface area contributed by atoms with E-state index in [1.807, 2.05) is 0 Å². The van der Waals surface area contributed by atoms with Crippen molar-refractivity contribution in [1.29, 1.82) is 0 Å². The molecule has 0 spiro atoms. The van der Waals surface area contributed by atoms with E-state index in [0.29, 0.717) is 0 Å². The molecule has 0 aliphatic carbocycles. The fraction of sp³-hybridized carbons (Fsp3) is 0.375. The monoisotopic (exact) mass is 203 g/mol. The summed E-state index contributed by atoms with van der Waals surface area (Å²) in [7, 11) is 0. The minimum atomic E-state index is -1.25. The molecule has 2 unspecified atom stereocenters. The molecule has 1 aromatic heterocycles. The molecule has 1 heterocycles. The highest BCUT2D eigenvalue weighted by Gasteiger charge is 2.19. The molecule has 0 bridgehead atoms. The minimum Gasteiger partial charge on any atom is -0.389 e. The van der Waals surface area contributed by atoms with Crippen molar-refractivity contribution in [3.8, 4) is 0 Å². The molecule has 13 heavy (non-hydrogen) atoms. The van der Waals surface area contributed by atoms with Crippen LogP contribution in [0.1, 0.15) is 11.7 Å². The van der Waals surface area contributed by atoms with Gasteiger partial charge in [0.05, 0.1) is 12.3 Å². The molecular formula is C8H10FNO2S. The van der Waals surface area contributed by atoms with E-state index in [4.69, 9.17) is 0 Å². The molecule has 0 saturated carbocycles. The van der Waals surface area contributed by atoms with Gasteiger partial charge in [0, 0.05) is 17.5 Å². The molecular weight excluding hydrogens is 193 g/mol. The Morgan fingerprint density at radius 3 is 2.77 bits per heavy atom. The summed E-state index contributed by atoms with van der Waals surface area (Å²) >= 11 is 3.79. The molecule has 2 N–H and O–H groups in total. The second-order valence-corrected chi connectivity index (χ2v) is 2.96. The van der Waals surface area contributed by atoms with Crippen LogP contribution in [-0.4, -0.2) is 27.1 Å². The highest BCUT2D eigenvalue weighted by molar-refractivity contribution is 7.80. The number of aliphatic hydroxyl groups is 2. The first kappa shape index (κ1) is 10.4. The zero-order chi connectivity index (χ0) is 9.84. The van der Waals surface area contributed by atoms with Crippen LogP contribution in [-0.2, 0) is 0 Å². The van der Waals surface area contributed by atoms with Crippen molar-refractivity contribution >= 4 is 12.6 Å². The minimum absolute atomic E-state index is 0.0385. The van der Waals surface area contributed by atoms with Crippen LogP contribution in [0.5, 0.6) is 0 Å². The molecule has 0 aliphatic rings. The normalized spacial score (nSPS) is 15.4. The van der Waals surface area contributed by atoms with Crippen molar-refractivity contribution in [3.63, 3.8) is 0 Å². The molecule has 2 atom stereocenters. The van der Waals surface area contributed by atoms with Crippen LogP contribution in [0.3, 0.4) is 0 Å². The van der Waals surface area contributed by atoms with Gasteiger partial charge in [0.25, 0.3) is 0 Å². The number of hydrogen-bond donors (Lipinski definition) is 3. The summed E-state index contributed by atoms with van der Waals surface area (Å²) in [5, 5.41) is 18.6. The van der Waals surface area contributed by atoms with Gasteiger partial charge in [0.2, 0.25) is 0 Å². The van der Waals surface area contributed by atoms with Gasteiger partial charge in [-0.05, 0) is 6.07 Å². The average Bonchev–Trinajstić information content (AvgIpc) is 2.16. The molecule has 0 saturated heterocycles. The standard InChI is InChI=1S/C8H10FNO2S/c9-6-3-10-2-1-5(6)8(12)7(11)4-13/h1-3,7-8,11-13H,4H2.